The Morgan fingerprint density at radius 3 is 1.58 bits per heavy atom. The Hall–Kier alpha value is -1.65. The fourth-order valence-electron chi connectivity index (χ4n) is 5.91. The number of carbonyl (C=O) groups is 1. The number of hydrogen-bond acceptors (Lipinski definition) is 4. The lowest BCUT2D eigenvalue weighted by atomic mass is 10.0. The second-order valence-electron chi connectivity index (χ2n) is 13.4. The molecule has 260 valence electrons. The molecule has 0 aromatic heterocycles. The van der Waals surface area contributed by atoms with Crippen LogP contribution >= 0.6 is 0 Å². The number of carbonyl (C=O) groups excluding carboxylic acids is 1. The van der Waals surface area contributed by atoms with E-state index >= 15 is 0 Å². The van der Waals surface area contributed by atoms with Gasteiger partial charge in [0.1, 0.15) is 6.10 Å². The van der Waals surface area contributed by atoms with E-state index in [0.29, 0.717) is 19.6 Å². The summed E-state index contributed by atoms with van der Waals surface area (Å²) in [6.07, 6.45) is 36.8. The van der Waals surface area contributed by atoms with Gasteiger partial charge in [-0.15, -0.1) is 0 Å². The van der Waals surface area contributed by atoms with Gasteiger partial charge in [0, 0.05) is 6.42 Å². The fourth-order valence-corrected chi connectivity index (χ4v) is 5.91. The third-order valence-electron chi connectivity index (χ3n) is 8.90. The molecule has 4 heteroatoms. The predicted octanol–water partition coefficient (Wildman–Crippen LogP) is 12.2. The Kier molecular flexibility index (Phi) is 29.7. The minimum Gasteiger partial charge on any atom is -0.456 e. The fraction of sp³-hybridized carbons (Fsp3) is 0.780. The summed E-state index contributed by atoms with van der Waals surface area (Å²) in [7, 11) is 0. The average molecular weight is 628 g/mol. The number of rotatable bonds is 33. The molecule has 0 fully saturated rings. The zero-order chi connectivity index (χ0) is 32.5. The molecule has 0 radical (unpaired) electrons. The highest BCUT2D eigenvalue weighted by molar-refractivity contribution is 5.69. The van der Waals surface area contributed by atoms with Crippen molar-refractivity contribution in [1.29, 1.82) is 0 Å². The monoisotopic (exact) mass is 628 g/mol. The van der Waals surface area contributed by atoms with Gasteiger partial charge in [-0.05, 0) is 30.9 Å². The molecule has 0 aliphatic rings. The lowest BCUT2D eigenvalue weighted by Crippen LogP contribution is -2.40. The van der Waals surface area contributed by atoms with Crippen molar-refractivity contribution >= 4 is 5.97 Å². The molecule has 1 aromatic carbocycles. The van der Waals surface area contributed by atoms with Gasteiger partial charge in [0.05, 0.1) is 19.3 Å². The summed E-state index contributed by atoms with van der Waals surface area (Å²) in [5, 5.41) is 0. The summed E-state index contributed by atoms with van der Waals surface area (Å²) in [5.41, 5.74) is 7.62. The minimum atomic E-state index is -0.442. The first kappa shape index (κ1) is 41.4. The van der Waals surface area contributed by atoms with Crippen molar-refractivity contribution in [3.8, 4) is 0 Å². The maximum Gasteiger partial charge on any atom is 0.306 e. The molecule has 0 saturated carbocycles. The van der Waals surface area contributed by atoms with Crippen LogP contribution in [0.2, 0.25) is 0 Å². The summed E-state index contributed by atoms with van der Waals surface area (Å²) in [5.74, 6) is -0.138. The number of benzene rings is 1. The molecule has 0 heterocycles. The molecule has 0 unspecified atom stereocenters. The van der Waals surface area contributed by atoms with Crippen molar-refractivity contribution in [3.63, 3.8) is 0 Å². The highest BCUT2D eigenvalue weighted by Gasteiger charge is 2.20. The van der Waals surface area contributed by atoms with Crippen molar-refractivity contribution in [3.05, 3.63) is 48.0 Å². The molecule has 0 aliphatic heterocycles. The molecule has 45 heavy (non-hydrogen) atoms. The van der Waals surface area contributed by atoms with Gasteiger partial charge in [0.15, 0.2) is 0 Å². The van der Waals surface area contributed by atoms with Crippen molar-refractivity contribution in [1.82, 2.24) is 0 Å². The normalized spacial score (nSPS) is 13.0. The molecule has 4 nitrogen and oxygen atoms in total. The van der Waals surface area contributed by atoms with Crippen LogP contribution in [0.3, 0.4) is 0 Å². The van der Waals surface area contributed by atoms with E-state index in [2.05, 4.69) is 19.9 Å². The quantitative estimate of drug-likeness (QED) is 0.0478. The van der Waals surface area contributed by atoms with Crippen LogP contribution in [0.4, 0.5) is 0 Å². The molecule has 2 N–H and O–H groups in total. The number of hydrogen-bond donors (Lipinski definition) is 1. The van der Waals surface area contributed by atoms with Crippen LogP contribution in [0.5, 0.6) is 0 Å². The molecule has 2 atom stereocenters. The van der Waals surface area contributed by atoms with Crippen LogP contribution in [0, 0.1) is 0 Å². The second kappa shape index (κ2) is 32.3. The Bertz CT molecular complexity index is 780. The third kappa shape index (κ3) is 27.2. The third-order valence-corrected chi connectivity index (χ3v) is 8.90. The van der Waals surface area contributed by atoms with Crippen LogP contribution < -0.4 is 5.73 Å². The van der Waals surface area contributed by atoms with Crippen LogP contribution in [-0.2, 0) is 20.9 Å². The van der Waals surface area contributed by atoms with E-state index < -0.39 is 6.10 Å². The Morgan fingerprint density at radius 1 is 0.644 bits per heavy atom. The topological polar surface area (TPSA) is 61.5 Å². The molecule has 1 rings (SSSR count). The molecule has 0 bridgehead atoms. The standard InChI is InChI=1S/C41H73NO3/c1-3-5-7-9-11-13-15-17-19-21-23-25-30-34-40(39(42)37-44-36-38-32-28-27-29-33-38)45-41(43)35-31-26-24-22-20-18-16-14-12-10-8-6-4-2/h27-30,32-34,39-40H,3-26,31,35-37,42H2,1-2H3/b34-30+/t39-,40+/m0/s1. The number of unbranched alkanes of at least 4 members (excludes halogenated alkanes) is 23. The SMILES string of the molecule is CCCCCCCCCCCCC/C=C/[C@@H](OC(=O)CCCCCCCCCCCCCCC)[C@@H](N)COCc1ccccc1. The lowest BCUT2D eigenvalue weighted by molar-refractivity contribution is -0.148. The van der Waals surface area contributed by atoms with Gasteiger partial charge in [-0.3, -0.25) is 4.79 Å². The zero-order valence-corrected chi connectivity index (χ0v) is 29.8. The summed E-state index contributed by atoms with van der Waals surface area (Å²) < 4.78 is 11.8. The Morgan fingerprint density at radius 2 is 1.09 bits per heavy atom. The zero-order valence-electron chi connectivity index (χ0n) is 29.8. The van der Waals surface area contributed by atoms with E-state index in [0.717, 1.165) is 24.8 Å². The highest BCUT2D eigenvalue weighted by Crippen LogP contribution is 2.15. The van der Waals surface area contributed by atoms with E-state index in [9.17, 15) is 4.79 Å². The molecule has 0 aliphatic carbocycles. The molecular weight excluding hydrogens is 554 g/mol. The van der Waals surface area contributed by atoms with Gasteiger partial charge >= 0.3 is 5.97 Å². The maximum atomic E-state index is 12.7. The van der Waals surface area contributed by atoms with E-state index in [4.69, 9.17) is 15.2 Å². The predicted molar refractivity (Wildman–Crippen MR) is 194 cm³/mol. The maximum absolute atomic E-state index is 12.7. The van der Waals surface area contributed by atoms with Crippen molar-refractivity contribution in [2.45, 2.75) is 200 Å². The van der Waals surface area contributed by atoms with Gasteiger partial charge in [-0.1, -0.05) is 192 Å². The van der Waals surface area contributed by atoms with Crippen molar-refractivity contribution in [2.75, 3.05) is 6.61 Å². The van der Waals surface area contributed by atoms with Crippen molar-refractivity contribution < 1.29 is 14.3 Å². The average Bonchev–Trinajstić information content (AvgIpc) is 3.05. The van der Waals surface area contributed by atoms with Crippen LogP contribution in [-0.4, -0.2) is 24.7 Å². The molecular formula is C41H73NO3. The van der Waals surface area contributed by atoms with Gasteiger partial charge in [0.25, 0.3) is 0 Å². The molecule has 0 spiro atoms. The van der Waals surface area contributed by atoms with Gasteiger partial charge in [0.2, 0.25) is 0 Å². The smallest absolute Gasteiger partial charge is 0.306 e. The van der Waals surface area contributed by atoms with Crippen LogP contribution in [0.1, 0.15) is 186 Å². The first-order valence-electron chi connectivity index (χ1n) is 19.4. The summed E-state index contributed by atoms with van der Waals surface area (Å²) in [6.45, 7) is 5.42. The first-order valence-corrected chi connectivity index (χ1v) is 19.4. The summed E-state index contributed by atoms with van der Waals surface area (Å²) in [6, 6.07) is 9.74. The van der Waals surface area contributed by atoms with Gasteiger partial charge < -0.3 is 15.2 Å². The lowest BCUT2D eigenvalue weighted by Gasteiger charge is -2.21. The molecule has 1 aromatic rings. The van der Waals surface area contributed by atoms with Gasteiger partial charge in [-0.2, -0.15) is 0 Å². The molecule has 0 amide bonds. The Balaban J connectivity index is 2.26. The Labute approximate surface area is 279 Å². The summed E-state index contributed by atoms with van der Waals surface area (Å²) >= 11 is 0. The van der Waals surface area contributed by atoms with E-state index in [1.54, 1.807) is 0 Å². The number of allylic oxidation sites excluding steroid dienone is 1. The number of esters is 1. The van der Waals surface area contributed by atoms with Gasteiger partial charge in [-0.25, -0.2) is 0 Å². The minimum absolute atomic E-state index is 0.138. The second-order valence-corrected chi connectivity index (χ2v) is 13.4. The van der Waals surface area contributed by atoms with E-state index in [-0.39, 0.29) is 12.0 Å². The van der Waals surface area contributed by atoms with E-state index in [1.807, 2.05) is 36.4 Å². The largest absolute Gasteiger partial charge is 0.456 e. The number of nitrogens with two attached hydrogens (primary N) is 1. The van der Waals surface area contributed by atoms with E-state index in [1.165, 1.54) is 141 Å². The number of ether oxygens (including phenoxy) is 2. The summed E-state index contributed by atoms with van der Waals surface area (Å²) in [4.78, 5) is 12.7. The highest BCUT2D eigenvalue weighted by atomic mass is 16.5. The van der Waals surface area contributed by atoms with Crippen LogP contribution in [0.15, 0.2) is 42.5 Å². The first-order chi connectivity index (χ1) is 22.2. The molecule has 0 saturated heterocycles. The van der Waals surface area contributed by atoms with Crippen molar-refractivity contribution in [2.24, 2.45) is 5.73 Å². The van der Waals surface area contributed by atoms with Crippen LogP contribution in [0.25, 0.3) is 0 Å².